The second-order valence-electron chi connectivity index (χ2n) is 10.3. The van der Waals surface area contributed by atoms with Gasteiger partial charge in [-0.15, -0.1) is 0 Å². The molecule has 1 atom stereocenters. The summed E-state index contributed by atoms with van der Waals surface area (Å²) in [5, 5.41) is 0. The van der Waals surface area contributed by atoms with Gasteiger partial charge in [-0.25, -0.2) is 0 Å². The molecule has 0 nitrogen and oxygen atoms in total. The Kier molecular flexibility index (Phi) is 27.0. The molecule has 0 aromatic rings. The number of unbranched alkanes of at least 4 members (excludes halogenated alkanes) is 21. The predicted octanol–water partition coefficient (Wildman–Crippen LogP) is 11.8. The zero-order valence-electron chi connectivity index (χ0n) is 22.0. The fourth-order valence-corrected chi connectivity index (χ4v) is 4.92. The Bertz CT molecular complexity index is 282. The third-order valence-corrected chi connectivity index (χ3v) is 7.26. The van der Waals surface area contributed by atoms with Crippen molar-refractivity contribution in [2.45, 2.75) is 188 Å². The zero-order valence-corrected chi connectivity index (χ0v) is 22.0. The molecule has 0 N–H and O–H groups in total. The maximum absolute atomic E-state index is 2.40. The predicted molar refractivity (Wildman–Crippen MR) is 141 cm³/mol. The SMILES string of the molecule is CCCCCCCCCCCCCCCCCCCCCCC(CC)CCCCC. The van der Waals surface area contributed by atoms with E-state index in [0.717, 1.165) is 5.92 Å². The molecule has 0 saturated heterocycles. The lowest BCUT2D eigenvalue weighted by molar-refractivity contribution is 0.395. The van der Waals surface area contributed by atoms with Gasteiger partial charge in [0, 0.05) is 0 Å². The van der Waals surface area contributed by atoms with Crippen LogP contribution in [0.15, 0.2) is 0 Å². The van der Waals surface area contributed by atoms with E-state index in [2.05, 4.69) is 20.8 Å². The monoisotopic (exact) mass is 422 g/mol. The number of hydrogen-bond acceptors (Lipinski definition) is 0. The maximum atomic E-state index is 2.40. The van der Waals surface area contributed by atoms with E-state index in [1.54, 1.807) is 0 Å². The van der Waals surface area contributed by atoms with E-state index in [1.165, 1.54) is 167 Å². The second kappa shape index (κ2) is 27.0. The molecule has 0 rings (SSSR count). The minimum Gasteiger partial charge on any atom is -0.0654 e. The van der Waals surface area contributed by atoms with Crippen LogP contribution in [0.1, 0.15) is 188 Å². The molecule has 0 bridgehead atoms. The summed E-state index contributed by atoms with van der Waals surface area (Å²) in [6, 6.07) is 0. The van der Waals surface area contributed by atoms with Gasteiger partial charge < -0.3 is 0 Å². The lowest BCUT2D eigenvalue weighted by Crippen LogP contribution is -1.99. The fourth-order valence-electron chi connectivity index (χ4n) is 4.92. The summed E-state index contributed by atoms with van der Waals surface area (Å²) in [6.07, 6.45) is 38.3. The minimum absolute atomic E-state index is 1.02. The molecule has 0 aliphatic carbocycles. The van der Waals surface area contributed by atoms with Crippen LogP contribution in [0.2, 0.25) is 0 Å². The van der Waals surface area contributed by atoms with Gasteiger partial charge in [0.15, 0.2) is 0 Å². The van der Waals surface area contributed by atoms with Gasteiger partial charge in [0.25, 0.3) is 0 Å². The van der Waals surface area contributed by atoms with Crippen molar-refractivity contribution in [3.63, 3.8) is 0 Å². The first kappa shape index (κ1) is 30.0. The molecule has 0 amide bonds. The van der Waals surface area contributed by atoms with Gasteiger partial charge in [-0.3, -0.25) is 0 Å². The van der Waals surface area contributed by atoms with Gasteiger partial charge in [-0.1, -0.05) is 188 Å². The van der Waals surface area contributed by atoms with Gasteiger partial charge in [0.05, 0.1) is 0 Å². The molecule has 0 heteroatoms. The Morgan fingerprint density at radius 1 is 0.300 bits per heavy atom. The smallest absolute Gasteiger partial charge is 0.0417 e. The van der Waals surface area contributed by atoms with Crippen molar-refractivity contribution in [1.29, 1.82) is 0 Å². The van der Waals surface area contributed by atoms with Crippen LogP contribution in [0, 0.1) is 5.92 Å². The summed E-state index contributed by atoms with van der Waals surface area (Å²) in [5.41, 5.74) is 0. The Hall–Kier alpha value is 0. The summed E-state index contributed by atoms with van der Waals surface area (Å²) in [4.78, 5) is 0. The van der Waals surface area contributed by atoms with Gasteiger partial charge in [0.1, 0.15) is 0 Å². The molecule has 1 unspecified atom stereocenters. The highest BCUT2D eigenvalue weighted by atomic mass is 14.1. The first-order valence-corrected chi connectivity index (χ1v) is 14.8. The summed E-state index contributed by atoms with van der Waals surface area (Å²) in [6.45, 7) is 7.02. The summed E-state index contributed by atoms with van der Waals surface area (Å²) in [5.74, 6) is 1.02. The van der Waals surface area contributed by atoms with Crippen LogP contribution < -0.4 is 0 Å². The van der Waals surface area contributed by atoms with Crippen molar-refractivity contribution in [2.24, 2.45) is 5.92 Å². The zero-order chi connectivity index (χ0) is 22.0. The quantitative estimate of drug-likeness (QED) is 0.122. The first-order chi connectivity index (χ1) is 14.8. The standard InChI is InChI=1S/C30H62/c1-4-7-9-10-11-12-13-14-15-16-17-18-19-20-21-22-23-24-25-27-29-30(6-3)28-26-8-5-2/h30H,4-29H2,1-3H3. The van der Waals surface area contributed by atoms with Crippen LogP contribution in [-0.4, -0.2) is 0 Å². The molecular weight excluding hydrogens is 360 g/mol. The molecule has 0 aromatic heterocycles. The van der Waals surface area contributed by atoms with E-state index >= 15 is 0 Å². The molecule has 0 radical (unpaired) electrons. The lowest BCUT2D eigenvalue weighted by atomic mass is 9.92. The summed E-state index contributed by atoms with van der Waals surface area (Å²) in [7, 11) is 0. The van der Waals surface area contributed by atoms with Crippen LogP contribution in [0.3, 0.4) is 0 Å². The molecule has 0 fully saturated rings. The van der Waals surface area contributed by atoms with Gasteiger partial charge in [-0.05, 0) is 5.92 Å². The molecule has 0 heterocycles. The van der Waals surface area contributed by atoms with E-state index < -0.39 is 0 Å². The van der Waals surface area contributed by atoms with Crippen molar-refractivity contribution in [3.05, 3.63) is 0 Å². The first-order valence-electron chi connectivity index (χ1n) is 14.8. The molecule has 0 aliphatic rings. The largest absolute Gasteiger partial charge is 0.0654 e. The molecule has 0 saturated carbocycles. The molecule has 0 aromatic carbocycles. The Labute approximate surface area is 193 Å². The highest BCUT2D eigenvalue weighted by Crippen LogP contribution is 2.21. The highest BCUT2D eigenvalue weighted by molar-refractivity contribution is 4.59. The third kappa shape index (κ3) is 24.3. The summed E-state index contributed by atoms with van der Waals surface area (Å²) < 4.78 is 0. The van der Waals surface area contributed by atoms with Crippen LogP contribution >= 0.6 is 0 Å². The second-order valence-corrected chi connectivity index (χ2v) is 10.3. The van der Waals surface area contributed by atoms with E-state index in [4.69, 9.17) is 0 Å². The maximum Gasteiger partial charge on any atom is -0.0417 e. The summed E-state index contributed by atoms with van der Waals surface area (Å²) >= 11 is 0. The van der Waals surface area contributed by atoms with Crippen molar-refractivity contribution in [2.75, 3.05) is 0 Å². The number of hydrogen-bond donors (Lipinski definition) is 0. The van der Waals surface area contributed by atoms with Gasteiger partial charge >= 0.3 is 0 Å². The van der Waals surface area contributed by atoms with Crippen LogP contribution in [0.5, 0.6) is 0 Å². The van der Waals surface area contributed by atoms with Crippen molar-refractivity contribution in [3.8, 4) is 0 Å². The van der Waals surface area contributed by atoms with E-state index in [-0.39, 0.29) is 0 Å². The average molecular weight is 423 g/mol. The Morgan fingerprint density at radius 3 is 0.833 bits per heavy atom. The highest BCUT2D eigenvalue weighted by Gasteiger charge is 2.05. The van der Waals surface area contributed by atoms with Crippen molar-refractivity contribution < 1.29 is 0 Å². The van der Waals surface area contributed by atoms with Crippen LogP contribution in [-0.2, 0) is 0 Å². The van der Waals surface area contributed by atoms with Gasteiger partial charge in [-0.2, -0.15) is 0 Å². The lowest BCUT2D eigenvalue weighted by Gasteiger charge is -2.14. The molecule has 30 heavy (non-hydrogen) atoms. The van der Waals surface area contributed by atoms with Crippen molar-refractivity contribution >= 4 is 0 Å². The Balaban J connectivity index is 3.12. The Morgan fingerprint density at radius 2 is 0.533 bits per heavy atom. The van der Waals surface area contributed by atoms with E-state index in [0.29, 0.717) is 0 Å². The minimum atomic E-state index is 1.02. The third-order valence-electron chi connectivity index (χ3n) is 7.26. The van der Waals surface area contributed by atoms with Crippen LogP contribution in [0.4, 0.5) is 0 Å². The molecular formula is C30H62. The topological polar surface area (TPSA) is 0 Å². The number of rotatable bonds is 26. The van der Waals surface area contributed by atoms with Gasteiger partial charge in [0.2, 0.25) is 0 Å². The van der Waals surface area contributed by atoms with Crippen LogP contribution in [0.25, 0.3) is 0 Å². The van der Waals surface area contributed by atoms with E-state index in [1.807, 2.05) is 0 Å². The normalized spacial score (nSPS) is 12.5. The fraction of sp³-hybridized carbons (Fsp3) is 1.00. The van der Waals surface area contributed by atoms with Crippen molar-refractivity contribution in [1.82, 2.24) is 0 Å². The molecule has 0 spiro atoms. The average Bonchev–Trinajstić information content (AvgIpc) is 2.76. The molecule has 182 valence electrons. The molecule has 0 aliphatic heterocycles. The van der Waals surface area contributed by atoms with E-state index in [9.17, 15) is 0 Å².